The summed E-state index contributed by atoms with van der Waals surface area (Å²) in [5, 5.41) is 9.94. The van der Waals surface area contributed by atoms with Gasteiger partial charge in [-0.2, -0.15) is 0 Å². The Morgan fingerprint density at radius 2 is 2.00 bits per heavy atom. The smallest absolute Gasteiger partial charge is 0.410 e. The molecule has 0 spiro atoms. The van der Waals surface area contributed by atoms with Crippen LogP contribution in [0.15, 0.2) is 39.3 Å². The topological polar surface area (TPSA) is 80.0 Å². The second kappa shape index (κ2) is 9.04. The van der Waals surface area contributed by atoms with Gasteiger partial charge in [0.2, 0.25) is 0 Å². The molecule has 4 fully saturated rings. The summed E-state index contributed by atoms with van der Waals surface area (Å²) in [4.78, 5) is 26.0. The molecule has 1 saturated heterocycles. The monoisotopic (exact) mass is 495 g/mol. The molecule has 6 heteroatoms. The number of hydrogen-bond acceptors (Lipinski definition) is 5. The van der Waals surface area contributed by atoms with Crippen LogP contribution < -0.4 is 5.63 Å². The molecule has 1 N–H and O–H groups in total. The molecule has 196 valence electrons. The van der Waals surface area contributed by atoms with Crippen molar-refractivity contribution in [3.05, 3.63) is 46.0 Å². The van der Waals surface area contributed by atoms with Crippen LogP contribution in [0.5, 0.6) is 0 Å². The van der Waals surface area contributed by atoms with Crippen LogP contribution in [0, 0.1) is 28.6 Å². The van der Waals surface area contributed by atoms with Gasteiger partial charge in [0, 0.05) is 19.2 Å². The molecule has 1 aromatic heterocycles. The number of nitrogens with zero attached hydrogens (tertiary/aromatic N) is 1. The maximum atomic E-state index is 12.8. The number of carbonyl (C=O) groups is 1. The molecule has 6 nitrogen and oxygen atoms in total. The van der Waals surface area contributed by atoms with Gasteiger partial charge in [-0.25, -0.2) is 9.59 Å². The summed E-state index contributed by atoms with van der Waals surface area (Å²) in [6, 6.07) is 3.53. The minimum atomic E-state index is -0.418. The van der Waals surface area contributed by atoms with Gasteiger partial charge in [-0.1, -0.05) is 25.5 Å². The molecule has 1 aromatic rings. The molecule has 0 radical (unpaired) electrons. The van der Waals surface area contributed by atoms with Crippen LogP contribution in [-0.2, 0) is 4.74 Å². The summed E-state index contributed by atoms with van der Waals surface area (Å²) in [6.07, 6.45) is 14.1. The van der Waals surface area contributed by atoms with Gasteiger partial charge < -0.3 is 19.2 Å². The number of amides is 1. The molecular weight excluding hydrogens is 454 g/mol. The number of aliphatic hydroxyl groups is 1. The van der Waals surface area contributed by atoms with E-state index in [1.165, 1.54) is 25.7 Å². The molecule has 0 aromatic carbocycles. The van der Waals surface area contributed by atoms with Gasteiger partial charge in [0.15, 0.2) is 0 Å². The Morgan fingerprint density at radius 3 is 2.78 bits per heavy atom. The largest absolute Gasteiger partial charge is 0.446 e. The summed E-state index contributed by atoms with van der Waals surface area (Å²) in [5.41, 5.74) is 2.99. The first-order valence-corrected chi connectivity index (χ1v) is 14.2. The van der Waals surface area contributed by atoms with Gasteiger partial charge in [0.25, 0.3) is 0 Å². The maximum Gasteiger partial charge on any atom is 0.410 e. The number of rotatable bonds is 2. The van der Waals surface area contributed by atoms with E-state index in [-0.39, 0.29) is 23.2 Å². The second-order valence-electron chi connectivity index (χ2n) is 12.8. The highest BCUT2D eigenvalue weighted by molar-refractivity contribution is 5.68. The van der Waals surface area contributed by atoms with E-state index in [1.54, 1.807) is 22.8 Å². The van der Waals surface area contributed by atoms with Gasteiger partial charge in [0.1, 0.15) is 6.10 Å². The van der Waals surface area contributed by atoms with E-state index in [1.807, 2.05) is 6.07 Å². The molecule has 2 heterocycles. The van der Waals surface area contributed by atoms with Gasteiger partial charge >= 0.3 is 11.7 Å². The first-order chi connectivity index (χ1) is 17.3. The minimum absolute atomic E-state index is 0.00265. The van der Waals surface area contributed by atoms with E-state index in [4.69, 9.17) is 9.15 Å². The molecule has 0 bridgehead atoms. The Balaban J connectivity index is 1.14. The number of aliphatic hydroxyl groups excluding tert-OH is 1. The number of β-amino-alcohol motifs (C(OH)–C–C–N with tert-alkyl or cyclic N) is 1. The Bertz CT molecular complexity index is 1070. The number of hydrogen-bond donors (Lipinski definition) is 1. The van der Waals surface area contributed by atoms with Crippen LogP contribution in [0.4, 0.5) is 4.79 Å². The molecule has 8 atom stereocenters. The standard InChI is InChI=1S/C30H41NO5/c1-29-13-11-22(36-28(34)31-15-3-4-21(32)17-31)16-20(29)6-7-23-25-9-8-24(19-5-10-27(33)35-18-19)30(25,2)14-12-26(23)29/h5,9-10,18,20-24,26,32H,3-4,6-8,11-17H2,1-2H3/t20-,21+,22?,23+,24-,26+,29+,30-/m1/s1. The fraction of sp³-hybridized carbons (Fsp3) is 0.733. The molecule has 5 aliphatic rings. The molecule has 6 rings (SSSR count). The van der Waals surface area contributed by atoms with Crippen LogP contribution in [-0.4, -0.2) is 41.4 Å². The van der Waals surface area contributed by atoms with E-state index in [0.29, 0.717) is 42.2 Å². The van der Waals surface area contributed by atoms with Gasteiger partial charge in [0.05, 0.1) is 12.4 Å². The van der Waals surface area contributed by atoms with Crippen molar-refractivity contribution in [2.75, 3.05) is 13.1 Å². The summed E-state index contributed by atoms with van der Waals surface area (Å²) in [7, 11) is 0. The highest BCUT2D eigenvalue weighted by atomic mass is 16.6. The van der Waals surface area contributed by atoms with Crippen LogP contribution in [0.2, 0.25) is 0 Å². The van der Waals surface area contributed by atoms with E-state index < -0.39 is 6.10 Å². The normalized spacial score (nSPS) is 42.1. The third-order valence-corrected chi connectivity index (χ3v) is 11.1. The Labute approximate surface area is 214 Å². The third kappa shape index (κ3) is 3.95. The van der Waals surface area contributed by atoms with Crippen LogP contribution >= 0.6 is 0 Å². The lowest BCUT2D eigenvalue weighted by Gasteiger charge is -2.59. The van der Waals surface area contributed by atoms with Crippen molar-refractivity contribution in [2.45, 2.75) is 96.2 Å². The first-order valence-electron chi connectivity index (χ1n) is 14.2. The van der Waals surface area contributed by atoms with E-state index in [2.05, 4.69) is 19.9 Å². The third-order valence-electron chi connectivity index (χ3n) is 11.1. The highest BCUT2D eigenvalue weighted by Crippen LogP contribution is 2.67. The van der Waals surface area contributed by atoms with Crippen LogP contribution in [0.1, 0.15) is 89.5 Å². The predicted octanol–water partition coefficient (Wildman–Crippen LogP) is 5.65. The maximum absolute atomic E-state index is 12.8. The quantitative estimate of drug-likeness (QED) is 0.537. The van der Waals surface area contributed by atoms with Gasteiger partial charge in [-0.05, 0) is 110 Å². The van der Waals surface area contributed by atoms with Crippen LogP contribution in [0.25, 0.3) is 0 Å². The average Bonchev–Trinajstić information content (AvgIpc) is 3.22. The molecule has 1 aliphatic heterocycles. The van der Waals surface area contributed by atoms with Crippen molar-refractivity contribution >= 4 is 6.09 Å². The average molecular weight is 496 g/mol. The molecule has 36 heavy (non-hydrogen) atoms. The molecule has 1 unspecified atom stereocenters. The van der Waals surface area contributed by atoms with Crippen molar-refractivity contribution in [1.29, 1.82) is 0 Å². The number of ether oxygens (including phenoxy) is 1. The van der Waals surface area contributed by atoms with E-state index in [0.717, 1.165) is 44.1 Å². The lowest BCUT2D eigenvalue weighted by atomic mass is 9.46. The fourth-order valence-corrected chi connectivity index (χ4v) is 9.06. The van der Waals surface area contributed by atoms with Crippen molar-refractivity contribution in [3.63, 3.8) is 0 Å². The summed E-state index contributed by atoms with van der Waals surface area (Å²) in [6.45, 7) is 6.06. The zero-order chi connectivity index (χ0) is 25.1. The SMILES string of the molecule is C[C@]12CCC(OC(=O)N3CCC[C@H](O)C3)C[C@H]1CC[C@H]1C3=CC[C@H](c4ccc(=O)oc4)[C@@]3(C)CC[C@@H]12. The number of piperidine rings is 1. The summed E-state index contributed by atoms with van der Waals surface area (Å²) < 4.78 is 11.2. The molecule has 1 amide bonds. The zero-order valence-electron chi connectivity index (χ0n) is 21.8. The fourth-order valence-electron chi connectivity index (χ4n) is 9.06. The summed E-state index contributed by atoms with van der Waals surface area (Å²) in [5.74, 6) is 2.33. The number of fused-ring (bicyclic) bond motifs is 5. The lowest BCUT2D eigenvalue weighted by molar-refractivity contribution is -0.0883. The van der Waals surface area contributed by atoms with Gasteiger partial charge in [-0.3, -0.25) is 0 Å². The second-order valence-corrected chi connectivity index (χ2v) is 12.8. The molecule has 4 aliphatic carbocycles. The lowest BCUT2D eigenvalue weighted by Crippen LogP contribution is -2.52. The number of allylic oxidation sites excluding steroid dienone is 2. The molecule has 3 saturated carbocycles. The molecular formula is C30H41NO5. The van der Waals surface area contributed by atoms with E-state index in [9.17, 15) is 14.7 Å². The van der Waals surface area contributed by atoms with Crippen molar-refractivity contribution in [2.24, 2.45) is 28.6 Å². The number of carbonyl (C=O) groups excluding carboxylic acids is 1. The van der Waals surface area contributed by atoms with Gasteiger partial charge in [-0.15, -0.1) is 0 Å². The highest BCUT2D eigenvalue weighted by Gasteiger charge is 2.58. The van der Waals surface area contributed by atoms with Crippen molar-refractivity contribution < 1.29 is 19.1 Å². The van der Waals surface area contributed by atoms with Crippen molar-refractivity contribution in [1.82, 2.24) is 4.90 Å². The summed E-state index contributed by atoms with van der Waals surface area (Å²) >= 11 is 0. The van der Waals surface area contributed by atoms with Crippen LogP contribution in [0.3, 0.4) is 0 Å². The Morgan fingerprint density at radius 1 is 1.14 bits per heavy atom. The Hall–Kier alpha value is -2.08. The zero-order valence-corrected chi connectivity index (χ0v) is 21.8. The first kappa shape index (κ1) is 24.3. The van der Waals surface area contributed by atoms with Crippen molar-refractivity contribution in [3.8, 4) is 0 Å². The predicted molar refractivity (Wildman–Crippen MR) is 137 cm³/mol. The van der Waals surface area contributed by atoms with E-state index >= 15 is 0 Å². The minimum Gasteiger partial charge on any atom is -0.446 e. The Kier molecular flexibility index (Phi) is 6.09. The number of likely N-dealkylation sites (tertiary alicyclic amines) is 1.